The molecule has 0 fully saturated rings. The number of benzene rings is 2. The van der Waals surface area contributed by atoms with E-state index < -0.39 is 0 Å². The first-order valence-electron chi connectivity index (χ1n) is 7.07. The molecule has 21 heavy (non-hydrogen) atoms. The van der Waals surface area contributed by atoms with Crippen LogP contribution < -0.4 is 10.6 Å². The van der Waals surface area contributed by atoms with Crippen LogP contribution in [0.4, 0.5) is 11.4 Å². The lowest BCUT2D eigenvalue weighted by Gasteiger charge is -2.30. The summed E-state index contributed by atoms with van der Waals surface area (Å²) in [4.78, 5) is 14.5. The second-order valence-corrected chi connectivity index (χ2v) is 5.71. The molecule has 1 amide bonds. The summed E-state index contributed by atoms with van der Waals surface area (Å²) in [5, 5.41) is 0.635. The van der Waals surface area contributed by atoms with E-state index in [4.69, 9.17) is 17.3 Å². The molecule has 0 bridgehead atoms. The summed E-state index contributed by atoms with van der Waals surface area (Å²) in [6.45, 7) is 0.736. The number of hydrogen-bond acceptors (Lipinski definition) is 2. The van der Waals surface area contributed by atoms with Gasteiger partial charge in [0, 0.05) is 22.9 Å². The molecule has 0 aromatic heterocycles. The quantitative estimate of drug-likeness (QED) is 0.864. The van der Waals surface area contributed by atoms with Gasteiger partial charge in [-0.1, -0.05) is 35.9 Å². The van der Waals surface area contributed by atoms with Gasteiger partial charge < -0.3 is 10.6 Å². The molecule has 3 rings (SSSR count). The number of fused-ring (bicyclic) bond motifs is 1. The third kappa shape index (κ3) is 2.88. The predicted octanol–water partition coefficient (Wildman–Crippen LogP) is 3.44. The van der Waals surface area contributed by atoms with Gasteiger partial charge in [-0.05, 0) is 42.2 Å². The van der Waals surface area contributed by atoms with Crippen LogP contribution in [0.3, 0.4) is 0 Å². The van der Waals surface area contributed by atoms with Crippen LogP contribution >= 0.6 is 11.6 Å². The molecule has 1 heterocycles. The highest BCUT2D eigenvalue weighted by Gasteiger charge is 2.23. The van der Waals surface area contributed by atoms with Crippen LogP contribution in [-0.4, -0.2) is 12.5 Å². The van der Waals surface area contributed by atoms with Crippen LogP contribution in [0.1, 0.15) is 17.5 Å². The van der Waals surface area contributed by atoms with Crippen LogP contribution in [0.5, 0.6) is 0 Å². The van der Waals surface area contributed by atoms with Crippen molar-refractivity contribution in [3.05, 3.63) is 58.6 Å². The monoisotopic (exact) mass is 300 g/mol. The third-order valence-electron chi connectivity index (χ3n) is 3.83. The standard InChI is InChI=1S/C17H17ClN2O/c18-15-6-2-1-4-13(15)10-17(21)20-9-3-5-12-7-8-14(19)11-16(12)20/h1-2,4,6-8,11H,3,5,9-10,19H2. The highest BCUT2D eigenvalue weighted by molar-refractivity contribution is 6.31. The normalized spacial score (nSPS) is 13.9. The molecular formula is C17H17ClN2O. The molecule has 0 spiro atoms. The van der Waals surface area contributed by atoms with Gasteiger partial charge in [-0.25, -0.2) is 0 Å². The fourth-order valence-electron chi connectivity index (χ4n) is 2.75. The van der Waals surface area contributed by atoms with E-state index in [0.29, 0.717) is 17.1 Å². The van der Waals surface area contributed by atoms with Crippen LogP contribution in [0.2, 0.25) is 5.02 Å². The molecule has 108 valence electrons. The van der Waals surface area contributed by atoms with Gasteiger partial charge in [0.2, 0.25) is 5.91 Å². The molecule has 2 N–H and O–H groups in total. The largest absolute Gasteiger partial charge is 0.399 e. The number of anilines is 2. The first-order chi connectivity index (χ1) is 10.1. The van der Waals surface area contributed by atoms with Crippen LogP contribution in [-0.2, 0) is 17.6 Å². The van der Waals surface area contributed by atoms with Crippen molar-refractivity contribution < 1.29 is 4.79 Å². The summed E-state index contributed by atoms with van der Waals surface area (Å²) in [5.41, 5.74) is 9.54. The zero-order chi connectivity index (χ0) is 14.8. The second kappa shape index (κ2) is 5.78. The van der Waals surface area contributed by atoms with E-state index in [0.717, 1.165) is 30.6 Å². The summed E-state index contributed by atoms with van der Waals surface area (Å²) in [6.07, 6.45) is 2.28. The van der Waals surface area contributed by atoms with Gasteiger partial charge in [-0.15, -0.1) is 0 Å². The molecule has 0 aliphatic carbocycles. The number of carbonyl (C=O) groups excluding carboxylic acids is 1. The molecule has 0 unspecified atom stereocenters. The Balaban J connectivity index is 1.87. The van der Waals surface area contributed by atoms with Crippen molar-refractivity contribution in [3.8, 4) is 0 Å². The van der Waals surface area contributed by atoms with Crippen molar-refractivity contribution in [2.24, 2.45) is 0 Å². The summed E-state index contributed by atoms with van der Waals surface area (Å²) in [6, 6.07) is 13.3. The number of carbonyl (C=O) groups is 1. The van der Waals surface area contributed by atoms with E-state index >= 15 is 0 Å². The lowest BCUT2D eigenvalue weighted by Crippen LogP contribution is -2.36. The van der Waals surface area contributed by atoms with Crippen molar-refractivity contribution >= 4 is 28.9 Å². The first-order valence-corrected chi connectivity index (χ1v) is 7.45. The smallest absolute Gasteiger partial charge is 0.231 e. The SMILES string of the molecule is Nc1ccc2c(c1)N(C(=O)Cc1ccccc1Cl)CCC2. The molecule has 1 aliphatic rings. The summed E-state index contributed by atoms with van der Waals surface area (Å²) in [5.74, 6) is 0.0645. The molecule has 2 aromatic carbocycles. The number of amides is 1. The van der Waals surface area contributed by atoms with E-state index in [1.54, 1.807) is 0 Å². The molecule has 0 atom stereocenters. The topological polar surface area (TPSA) is 46.3 Å². The molecule has 0 radical (unpaired) electrons. The minimum atomic E-state index is 0.0645. The average Bonchev–Trinajstić information content (AvgIpc) is 2.49. The Morgan fingerprint density at radius 1 is 1.24 bits per heavy atom. The second-order valence-electron chi connectivity index (χ2n) is 5.31. The molecule has 3 nitrogen and oxygen atoms in total. The maximum atomic E-state index is 12.6. The van der Waals surface area contributed by atoms with Gasteiger partial charge in [0.25, 0.3) is 0 Å². The van der Waals surface area contributed by atoms with Crippen LogP contribution in [0.15, 0.2) is 42.5 Å². The Hall–Kier alpha value is -2.00. The Labute approximate surface area is 129 Å². The number of aryl methyl sites for hydroxylation is 1. The minimum absolute atomic E-state index is 0.0645. The van der Waals surface area contributed by atoms with E-state index in [9.17, 15) is 4.79 Å². The number of hydrogen-bond donors (Lipinski definition) is 1. The molecule has 2 aromatic rings. The minimum Gasteiger partial charge on any atom is -0.399 e. The Bertz CT molecular complexity index is 684. The predicted molar refractivity (Wildman–Crippen MR) is 86.7 cm³/mol. The maximum Gasteiger partial charge on any atom is 0.231 e. The lowest BCUT2D eigenvalue weighted by atomic mass is 10.00. The number of nitrogen functional groups attached to an aromatic ring is 1. The zero-order valence-electron chi connectivity index (χ0n) is 11.7. The average molecular weight is 301 g/mol. The first kappa shape index (κ1) is 14.0. The highest BCUT2D eigenvalue weighted by atomic mass is 35.5. The van der Waals surface area contributed by atoms with Gasteiger partial charge >= 0.3 is 0 Å². The van der Waals surface area contributed by atoms with Crippen molar-refractivity contribution in [2.45, 2.75) is 19.3 Å². The van der Waals surface area contributed by atoms with Gasteiger partial charge in [-0.2, -0.15) is 0 Å². The Morgan fingerprint density at radius 3 is 2.86 bits per heavy atom. The van der Waals surface area contributed by atoms with Gasteiger partial charge in [0.15, 0.2) is 0 Å². The molecule has 4 heteroatoms. The highest BCUT2D eigenvalue weighted by Crippen LogP contribution is 2.30. The van der Waals surface area contributed by atoms with Crippen molar-refractivity contribution in [3.63, 3.8) is 0 Å². The number of nitrogens with two attached hydrogens (primary N) is 1. The lowest BCUT2D eigenvalue weighted by molar-refractivity contribution is -0.118. The number of halogens is 1. The fourth-order valence-corrected chi connectivity index (χ4v) is 2.95. The Kier molecular flexibility index (Phi) is 3.84. The van der Waals surface area contributed by atoms with E-state index in [1.165, 1.54) is 5.56 Å². The Morgan fingerprint density at radius 2 is 2.05 bits per heavy atom. The van der Waals surface area contributed by atoms with E-state index in [-0.39, 0.29) is 5.91 Å². The zero-order valence-corrected chi connectivity index (χ0v) is 12.4. The van der Waals surface area contributed by atoms with Crippen molar-refractivity contribution in [1.29, 1.82) is 0 Å². The number of nitrogens with zero attached hydrogens (tertiary/aromatic N) is 1. The molecule has 0 saturated carbocycles. The van der Waals surface area contributed by atoms with Crippen molar-refractivity contribution in [1.82, 2.24) is 0 Å². The van der Waals surface area contributed by atoms with Crippen LogP contribution in [0.25, 0.3) is 0 Å². The van der Waals surface area contributed by atoms with Gasteiger partial charge in [0.05, 0.1) is 6.42 Å². The van der Waals surface area contributed by atoms with Gasteiger partial charge in [0.1, 0.15) is 0 Å². The summed E-state index contributed by atoms with van der Waals surface area (Å²) in [7, 11) is 0. The van der Waals surface area contributed by atoms with E-state index in [1.807, 2.05) is 47.4 Å². The summed E-state index contributed by atoms with van der Waals surface area (Å²) >= 11 is 6.14. The maximum absolute atomic E-state index is 12.6. The van der Waals surface area contributed by atoms with Gasteiger partial charge in [-0.3, -0.25) is 4.79 Å². The molecule has 1 aliphatic heterocycles. The fraction of sp³-hybridized carbons (Fsp3) is 0.235. The third-order valence-corrected chi connectivity index (χ3v) is 4.20. The van der Waals surface area contributed by atoms with Crippen molar-refractivity contribution in [2.75, 3.05) is 17.2 Å². The molecular weight excluding hydrogens is 284 g/mol. The molecule has 0 saturated heterocycles. The van der Waals surface area contributed by atoms with E-state index in [2.05, 4.69) is 0 Å². The van der Waals surface area contributed by atoms with Crippen LogP contribution in [0, 0.1) is 0 Å². The summed E-state index contributed by atoms with van der Waals surface area (Å²) < 4.78 is 0. The number of rotatable bonds is 2.